The largest absolute Gasteiger partial charge is 0.441 e. The monoisotopic (exact) mass is 291 g/mol. The van der Waals surface area contributed by atoms with Crippen molar-refractivity contribution in [3.63, 3.8) is 0 Å². The molecule has 0 radical (unpaired) electrons. The zero-order valence-electron chi connectivity index (χ0n) is 11.4. The third kappa shape index (κ3) is 2.47. The number of hydrogen-bond acceptors (Lipinski definition) is 4. The minimum atomic E-state index is -0.584. The van der Waals surface area contributed by atoms with E-state index >= 15 is 0 Å². The first-order chi connectivity index (χ1) is 10.1. The van der Waals surface area contributed by atoms with Gasteiger partial charge in [0.25, 0.3) is 0 Å². The molecule has 1 aliphatic heterocycles. The van der Waals surface area contributed by atoms with E-state index in [0.29, 0.717) is 11.4 Å². The molecule has 1 N–H and O–H groups in total. The van der Waals surface area contributed by atoms with E-state index in [9.17, 15) is 9.18 Å². The molecule has 1 aliphatic rings. The van der Waals surface area contributed by atoms with E-state index in [4.69, 9.17) is 9.84 Å². The van der Waals surface area contributed by atoms with Gasteiger partial charge in [0.1, 0.15) is 11.9 Å². The highest BCUT2D eigenvalue weighted by molar-refractivity contribution is 5.89. The van der Waals surface area contributed by atoms with Gasteiger partial charge in [-0.05, 0) is 25.1 Å². The van der Waals surface area contributed by atoms with Crippen LogP contribution in [0.2, 0.25) is 0 Å². The Morgan fingerprint density at radius 2 is 2.33 bits per heavy atom. The highest BCUT2D eigenvalue weighted by Gasteiger charge is 2.32. The molecule has 3 rings (SSSR count). The van der Waals surface area contributed by atoms with Gasteiger partial charge in [-0.25, -0.2) is 14.2 Å². The molecular formula is C14H14FN3O3. The summed E-state index contributed by atoms with van der Waals surface area (Å²) >= 11 is 0. The van der Waals surface area contributed by atoms with Gasteiger partial charge in [-0.3, -0.25) is 4.90 Å². The van der Waals surface area contributed by atoms with Gasteiger partial charge in [0.15, 0.2) is 0 Å². The third-order valence-electron chi connectivity index (χ3n) is 3.31. The molecule has 1 atom stereocenters. The molecule has 1 unspecified atom stereocenters. The summed E-state index contributed by atoms with van der Waals surface area (Å²) in [5.74, 6) is -0.467. The second kappa shape index (κ2) is 5.17. The summed E-state index contributed by atoms with van der Waals surface area (Å²) in [6.45, 7) is 1.77. The van der Waals surface area contributed by atoms with Crippen molar-refractivity contribution < 1.29 is 19.0 Å². The maximum Gasteiger partial charge on any atom is 0.414 e. The number of imidazole rings is 1. The SMILES string of the molecule is Cc1cn(-c2ccc(N3CC(CO)OC3=O)cc2F)cn1. The van der Waals surface area contributed by atoms with E-state index in [1.807, 2.05) is 6.92 Å². The van der Waals surface area contributed by atoms with Crippen molar-refractivity contribution in [2.75, 3.05) is 18.1 Å². The number of aliphatic hydroxyl groups excluding tert-OH is 1. The number of aromatic nitrogens is 2. The van der Waals surface area contributed by atoms with Crippen LogP contribution >= 0.6 is 0 Å². The maximum absolute atomic E-state index is 14.2. The predicted octanol–water partition coefficient (Wildman–Crippen LogP) is 1.64. The first-order valence-electron chi connectivity index (χ1n) is 6.48. The number of anilines is 1. The van der Waals surface area contributed by atoms with Crippen molar-refractivity contribution >= 4 is 11.8 Å². The number of aliphatic hydroxyl groups is 1. The average Bonchev–Trinajstić information content (AvgIpc) is 3.04. The number of amides is 1. The lowest BCUT2D eigenvalue weighted by Crippen LogP contribution is -2.25. The number of halogens is 1. The highest BCUT2D eigenvalue weighted by atomic mass is 19.1. The minimum Gasteiger partial charge on any atom is -0.441 e. The summed E-state index contributed by atoms with van der Waals surface area (Å²) in [6, 6.07) is 4.48. The topological polar surface area (TPSA) is 67.6 Å². The molecular weight excluding hydrogens is 277 g/mol. The minimum absolute atomic E-state index is 0.207. The van der Waals surface area contributed by atoms with E-state index in [2.05, 4.69) is 4.98 Å². The Labute approximate surface area is 120 Å². The Kier molecular flexibility index (Phi) is 3.34. The van der Waals surface area contributed by atoms with Gasteiger partial charge in [0, 0.05) is 6.20 Å². The smallest absolute Gasteiger partial charge is 0.414 e. The molecule has 2 aromatic rings. The quantitative estimate of drug-likeness (QED) is 0.933. The van der Waals surface area contributed by atoms with Crippen molar-refractivity contribution in [2.45, 2.75) is 13.0 Å². The fourth-order valence-electron chi connectivity index (χ4n) is 2.25. The standard InChI is InChI=1S/C14H14FN3O3/c1-9-5-17(8-16-9)13-3-2-10(4-12(13)15)18-6-11(7-19)21-14(18)20/h2-5,8,11,19H,6-7H2,1H3. The Hall–Kier alpha value is -2.41. The third-order valence-corrected chi connectivity index (χ3v) is 3.31. The second-order valence-corrected chi connectivity index (χ2v) is 4.86. The summed E-state index contributed by atoms with van der Waals surface area (Å²) in [5.41, 5.74) is 1.53. The van der Waals surface area contributed by atoms with E-state index in [1.54, 1.807) is 22.9 Å². The number of carbonyl (C=O) groups excluding carboxylic acids is 1. The van der Waals surface area contributed by atoms with Crippen molar-refractivity contribution in [3.05, 3.63) is 42.2 Å². The normalized spacial score (nSPS) is 18.1. The number of rotatable bonds is 3. The van der Waals surface area contributed by atoms with E-state index < -0.39 is 18.0 Å². The summed E-state index contributed by atoms with van der Waals surface area (Å²) in [5, 5.41) is 9.01. The molecule has 110 valence electrons. The van der Waals surface area contributed by atoms with Gasteiger partial charge in [-0.15, -0.1) is 0 Å². The van der Waals surface area contributed by atoms with Gasteiger partial charge in [-0.2, -0.15) is 0 Å². The first-order valence-corrected chi connectivity index (χ1v) is 6.48. The van der Waals surface area contributed by atoms with Gasteiger partial charge >= 0.3 is 6.09 Å². The van der Waals surface area contributed by atoms with Crippen molar-refractivity contribution in [3.8, 4) is 5.69 Å². The first kappa shape index (κ1) is 13.6. The lowest BCUT2D eigenvalue weighted by molar-refractivity contribution is 0.0963. The Bertz CT molecular complexity index is 686. The summed E-state index contributed by atoms with van der Waals surface area (Å²) in [4.78, 5) is 17.0. The molecule has 1 amide bonds. The lowest BCUT2D eigenvalue weighted by Gasteiger charge is -2.14. The van der Waals surface area contributed by atoms with Gasteiger partial charge < -0.3 is 14.4 Å². The molecule has 2 heterocycles. The Morgan fingerprint density at radius 1 is 1.52 bits per heavy atom. The Balaban J connectivity index is 1.90. The number of cyclic esters (lactones) is 1. The second-order valence-electron chi connectivity index (χ2n) is 4.86. The molecule has 0 spiro atoms. The van der Waals surface area contributed by atoms with E-state index in [-0.39, 0.29) is 13.2 Å². The zero-order valence-corrected chi connectivity index (χ0v) is 11.4. The van der Waals surface area contributed by atoms with Crippen LogP contribution in [0.25, 0.3) is 5.69 Å². The summed E-state index contributed by atoms with van der Waals surface area (Å²) in [6.07, 6.45) is 2.08. The van der Waals surface area contributed by atoms with Gasteiger partial charge in [-0.1, -0.05) is 0 Å². The van der Waals surface area contributed by atoms with Gasteiger partial charge in [0.05, 0.1) is 36.5 Å². The van der Waals surface area contributed by atoms with Crippen LogP contribution in [0.15, 0.2) is 30.7 Å². The van der Waals surface area contributed by atoms with Crippen LogP contribution in [0.3, 0.4) is 0 Å². The molecule has 0 aliphatic carbocycles. The van der Waals surface area contributed by atoms with E-state index in [1.165, 1.54) is 17.3 Å². The van der Waals surface area contributed by atoms with Crippen LogP contribution in [0.5, 0.6) is 0 Å². The van der Waals surface area contributed by atoms with Crippen molar-refractivity contribution in [1.82, 2.24) is 9.55 Å². The molecule has 0 saturated carbocycles. The number of nitrogens with zero attached hydrogens (tertiary/aromatic N) is 3. The molecule has 1 aromatic carbocycles. The van der Waals surface area contributed by atoms with Crippen LogP contribution in [-0.4, -0.2) is 40.0 Å². The molecule has 0 bridgehead atoms. The van der Waals surface area contributed by atoms with Crippen LogP contribution in [0, 0.1) is 12.7 Å². The van der Waals surface area contributed by atoms with E-state index in [0.717, 1.165) is 5.69 Å². The number of hydrogen-bond donors (Lipinski definition) is 1. The molecule has 6 nitrogen and oxygen atoms in total. The highest BCUT2D eigenvalue weighted by Crippen LogP contribution is 2.25. The fraction of sp³-hybridized carbons (Fsp3) is 0.286. The van der Waals surface area contributed by atoms with Crippen LogP contribution < -0.4 is 4.90 Å². The predicted molar refractivity (Wildman–Crippen MR) is 73.0 cm³/mol. The van der Waals surface area contributed by atoms with Crippen LogP contribution in [0.1, 0.15) is 5.69 Å². The molecule has 1 fully saturated rings. The molecule has 1 saturated heterocycles. The van der Waals surface area contributed by atoms with Crippen LogP contribution in [0.4, 0.5) is 14.9 Å². The molecule has 1 aromatic heterocycles. The van der Waals surface area contributed by atoms with Crippen LogP contribution in [-0.2, 0) is 4.74 Å². The number of benzene rings is 1. The summed E-state index contributed by atoms with van der Waals surface area (Å²) in [7, 11) is 0. The fourth-order valence-corrected chi connectivity index (χ4v) is 2.25. The summed E-state index contributed by atoms with van der Waals surface area (Å²) < 4.78 is 20.7. The average molecular weight is 291 g/mol. The van der Waals surface area contributed by atoms with Gasteiger partial charge in [0.2, 0.25) is 0 Å². The zero-order chi connectivity index (χ0) is 15.0. The van der Waals surface area contributed by atoms with Crippen molar-refractivity contribution in [1.29, 1.82) is 0 Å². The number of aryl methyl sites for hydroxylation is 1. The van der Waals surface area contributed by atoms with Crippen molar-refractivity contribution in [2.24, 2.45) is 0 Å². The molecule has 7 heteroatoms. The number of ether oxygens (including phenoxy) is 1. The lowest BCUT2D eigenvalue weighted by atomic mass is 10.2. The maximum atomic E-state index is 14.2. The molecule has 21 heavy (non-hydrogen) atoms. The Morgan fingerprint density at radius 3 is 2.90 bits per heavy atom. The number of carbonyl (C=O) groups is 1.